The van der Waals surface area contributed by atoms with Crippen molar-refractivity contribution in [3.8, 4) is 0 Å². The number of hydrogen-bond donors (Lipinski definition) is 0. The van der Waals surface area contributed by atoms with Crippen LogP contribution in [-0.4, -0.2) is 11.4 Å². The first-order chi connectivity index (χ1) is 11.4. The number of rotatable bonds is 5. The van der Waals surface area contributed by atoms with Crippen LogP contribution in [0, 0.1) is 13.8 Å². The Labute approximate surface area is 154 Å². The number of aliphatic imine (C=N–C) groups is 2. The fourth-order valence-electron chi connectivity index (χ4n) is 2.47. The third-order valence-corrected chi connectivity index (χ3v) is 4.30. The number of aryl methyl sites for hydroxylation is 2. The molecule has 0 aliphatic carbocycles. The van der Waals surface area contributed by atoms with Crippen LogP contribution in [0.4, 0.5) is 11.4 Å². The van der Waals surface area contributed by atoms with Crippen LogP contribution in [0.3, 0.4) is 0 Å². The second-order valence-electron chi connectivity index (χ2n) is 5.69. The van der Waals surface area contributed by atoms with Crippen LogP contribution in [0.2, 0.25) is 10.0 Å². The molecule has 0 saturated carbocycles. The van der Waals surface area contributed by atoms with E-state index in [9.17, 15) is 0 Å². The van der Waals surface area contributed by atoms with Crippen molar-refractivity contribution in [2.45, 2.75) is 40.5 Å². The van der Waals surface area contributed by atoms with Gasteiger partial charge in [0.05, 0.1) is 22.8 Å². The fourth-order valence-corrected chi connectivity index (χ4v) is 2.93. The summed E-state index contributed by atoms with van der Waals surface area (Å²) in [6.07, 6.45) is 1.64. The summed E-state index contributed by atoms with van der Waals surface area (Å²) in [5.41, 5.74) is 5.99. The highest BCUT2D eigenvalue weighted by atomic mass is 35.5. The molecule has 2 aromatic rings. The van der Waals surface area contributed by atoms with Crippen LogP contribution in [-0.2, 0) is 0 Å². The van der Waals surface area contributed by atoms with Crippen LogP contribution in [0.25, 0.3) is 0 Å². The van der Waals surface area contributed by atoms with Crippen molar-refractivity contribution in [1.82, 2.24) is 0 Å². The SMILES string of the molecule is CCC(=Nc1ccc(Cl)cc1C)C(CC)=Nc1ccc(Cl)cc1C. The normalized spacial score (nSPS) is 12.6. The van der Waals surface area contributed by atoms with E-state index in [1.807, 2.05) is 50.2 Å². The van der Waals surface area contributed by atoms with Gasteiger partial charge in [-0.3, -0.25) is 9.98 Å². The van der Waals surface area contributed by atoms with Crippen molar-refractivity contribution in [2.75, 3.05) is 0 Å². The maximum atomic E-state index is 6.03. The topological polar surface area (TPSA) is 24.7 Å². The first-order valence-electron chi connectivity index (χ1n) is 8.12. The highest BCUT2D eigenvalue weighted by Crippen LogP contribution is 2.25. The molecule has 0 N–H and O–H groups in total. The number of nitrogens with zero attached hydrogens (tertiary/aromatic N) is 2. The average Bonchev–Trinajstić information content (AvgIpc) is 2.54. The van der Waals surface area contributed by atoms with E-state index in [-0.39, 0.29) is 0 Å². The molecule has 2 nitrogen and oxygen atoms in total. The summed E-state index contributed by atoms with van der Waals surface area (Å²) in [7, 11) is 0. The lowest BCUT2D eigenvalue weighted by Crippen LogP contribution is -2.12. The molecule has 0 aliphatic heterocycles. The Morgan fingerprint density at radius 2 is 1.12 bits per heavy atom. The van der Waals surface area contributed by atoms with E-state index in [1.165, 1.54) is 0 Å². The van der Waals surface area contributed by atoms with Crippen molar-refractivity contribution in [3.05, 3.63) is 57.6 Å². The minimum absolute atomic E-state index is 0.727. The Morgan fingerprint density at radius 1 is 0.750 bits per heavy atom. The summed E-state index contributed by atoms with van der Waals surface area (Å²) in [6, 6.07) is 11.5. The van der Waals surface area contributed by atoms with Gasteiger partial charge < -0.3 is 0 Å². The second-order valence-corrected chi connectivity index (χ2v) is 6.56. The van der Waals surface area contributed by atoms with Gasteiger partial charge in [-0.2, -0.15) is 0 Å². The molecular formula is C20H22Cl2N2. The minimum Gasteiger partial charge on any atom is -0.251 e. The molecule has 0 unspecified atom stereocenters. The first-order valence-corrected chi connectivity index (χ1v) is 8.88. The summed E-state index contributed by atoms with van der Waals surface area (Å²) < 4.78 is 0. The van der Waals surface area contributed by atoms with Crippen molar-refractivity contribution >= 4 is 46.0 Å². The summed E-state index contributed by atoms with van der Waals surface area (Å²) >= 11 is 12.1. The molecule has 0 bridgehead atoms. The molecule has 126 valence electrons. The number of benzene rings is 2. The highest BCUT2D eigenvalue weighted by molar-refractivity contribution is 6.43. The lowest BCUT2D eigenvalue weighted by molar-refractivity contribution is 1.23. The molecule has 24 heavy (non-hydrogen) atoms. The maximum Gasteiger partial charge on any atom is 0.0663 e. The molecule has 4 heteroatoms. The van der Waals surface area contributed by atoms with Crippen LogP contribution in [0.15, 0.2) is 46.4 Å². The number of hydrogen-bond acceptors (Lipinski definition) is 2. The molecule has 2 rings (SSSR count). The zero-order chi connectivity index (χ0) is 17.7. The molecule has 0 amide bonds. The van der Waals surface area contributed by atoms with E-state index >= 15 is 0 Å². The Bertz CT molecular complexity index is 725. The zero-order valence-corrected chi connectivity index (χ0v) is 16.0. The lowest BCUT2D eigenvalue weighted by atomic mass is 10.1. The van der Waals surface area contributed by atoms with Crippen molar-refractivity contribution in [3.63, 3.8) is 0 Å². The van der Waals surface area contributed by atoms with Gasteiger partial charge in [-0.15, -0.1) is 0 Å². The molecule has 0 radical (unpaired) electrons. The van der Waals surface area contributed by atoms with Gasteiger partial charge >= 0.3 is 0 Å². The van der Waals surface area contributed by atoms with E-state index in [1.54, 1.807) is 0 Å². The van der Waals surface area contributed by atoms with E-state index < -0.39 is 0 Å². The van der Waals surface area contributed by atoms with E-state index in [2.05, 4.69) is 13.8 Å². The molecule has 2 aromatic carbocycles. The average molecular weight is 361 g/mol. The van der Waals surface area contributed by atoms with Crippen molar-refractivity contribution < 1.29 is 0 Å². The van der Waals surface area contributed by atoms with Gasteiger partial charge in [0, 0.05) is 10.0 Å². The van der Waals surface area contributed by atoms with Gasteiger partial charge in [0.15, 0.2) is 0 Å². The molecule has 0 aliphatic rings. The summed E-state index contributed by atoms with van der Waals surface area (Å²) in [5, 5.41) is 1.45. The Balaban J connectivity index is 2.45. The standard InChI is InChI=1S/C20H22Cl2N2/c1-5-17(23-19-9-7-15(21)11-13(19)3)18(6-2)24-20-10-8-16(22)12-14(20)4/h7-12H,5-6H2,1-4H3. The predicted octanol–water partition coefficient (Wildman–Crippen LogP) is 7.28. The third kappa shape index (κ3) is 4.68. The Hall–Kier alpha value is -1.64. The molecule has 0 fully saturated rings. The van der Waals surface area contributed by atoms with Crippen LogP contribution >= 0.6 is 23.2 Å². The van der Waals surface area contributed by atoms with Gasteiger partial charge in [-0.1, -0.05) is 37.0 Å². The highest BCUT2D eigenvalue weighted by Gasteiger charge is 2.08. The monoisotopic (exact) mass is 360 g/mol. The molecule has 0 heterocycles. The van der Waals surface area contributed by atoms with Crippen molar-refractivity contribution in [1.29, 1.82) is 0 Å². The third-order valence-electron chi connectivity index (χ3n) is 3.83. The smallest absolute Gasteiger partial charge is 0.0663 e. The molecule has 0 spiro atoms. The largest absolute Gasteiger partial charge is 0.251 e. The molecule has 0 aromatic heterocycles. The van der Waals surface area contributed by atoms with E-state index in [4.69, 9.17) is 33.2 Å². The summed E-state index contributed by atoms with van der Waals surface area (Å²) in [5.74, 6) is 0. The van der Waals surface area contributed by atoms with E-state index in [0.717, 1.165) is 56.8 Å². The number of halogens is 2. The van der Waals surface area contributed by atoms with E-state index in [0.29, 0.717) is 0 Å². The summed E-state index contributed by atoms with van der Waals surface area (Å²) in [4.78, 5) is 9.67. The van der Waals surface area contributed by atoms with Gasteiger partial charge in [-0.25, -0.2) is 0 Å². The predicted molar refractivity (Wildman–Crippen MR) is 107 cm³/mol. The molecular weight excluding hydrogens is 339 g/mol. The van der Waals surface area contributed by atoms with Crippen LogP contribution < -0.4 is 0 Å². The van der Waals surface area contributed by atoms with Gasteiger partial charge in [0.2, 0.25) is 0 Å². The fraction of sp³-hybridized carbons (Fsp3) is 0.300. The minimum atomic E-state index is 0.727. The van der Waals surface area contributed by atoms with Crippen LogP contribution in [0.1, 0.15) is 37.8 Å². The quantitative estimate of drug-likeness (QED) is 0.500. The first kappa shape index (κ1) is 18.7. The molecule has 0 saturated heterocycles. The summed E-state index contributed by atoms with van der Waals surface area (Å²) in [6.45, 7) is 8.24. The maximum absolute atomic E-state index is 6.03. The van der Waals surface area contributed by atoms with Gasteiger partial charge in [0.25, 0.3) is 0 Å². The molecule has 0 atom stereocenters. The zero-order valence-electron chi connectivity index (χ0n) is 14.5. The second kappa shape index (κ2) is 8.46. The van der Waals surface area contributed by atoms with Crippen molar-refractivity contribution in [2.24, 2.45) is 9.98 Å². The van der Waals surface area contributed by atoms with Gasteiger partial charge in [-0.05, 0) is 74.2 Å². The lowest BCUT2D eigenvalue weighted by Gasteiger charge is -2.10. The Morgan fingerprint density at radius 3 is 1.42 bits per heavy atom. The van der Waals surface area contributed by atoms with Gasteiger partial charge in [0.1, 0.15) is 0 Å². The Kier molecular flexibility index (Phi) is 6.59. The van der Waals surface area contributed by atoms with Crippen LogP contribution in [0.5, 0.6) is 0 Å².